The number of aromatic nitrogens is 1. The number of aryl methyl sites for hydroxylation is 1. The highest BCUT2D eigenvalue weighted by molar-refractivity contribution is 6.02. The Balaban J connectivity index is 2.30. The van der Waals surface area contributed by atoms with Gasteiger partial charge >= 0.3 is 0 Å². The summed E-state index contributed by atoms with van der Waals surface area (Å²) in [7, 11) is 4.39. The van der Waals surface area contributed by atoms with Crippen molar-refractivity contribution in [2.45, 2.75) is 6.92 Å². The Kier molecular flexibility index (Phi) is 4.77. The maximum Gasteiger partial charge on any atom is 0.265 e. The van der Waals surface area contributed by atoms with Crippen LogP contribution in [0.5, 0.6) is 17.2 Å². The molecule has 0 saturated heterocycles. The Morgan fingerprint density at radius 1 is 0.963 bits per heavy atom. The van der Waals surface area contributed by atoms with Crippen molar-refractivity contribution in [1.29, 1.82) is 0 Å². The van der Waals surface area contributed by atoms with Gasteiger partial charge in [-0.25, -0.2) is 4.57 Å². The molecule has 0 bridgehead atoms. The fourth-order valence-electron chi connectivity index (χ4n) is 2.99. The molecule has 0 spiro atoms. The number of anilines is 1. The molecule has 2 N–H and O–H groups in total. The molecule has 27 heavy (non-hydrogen) atoms. The number of hydrogen-bond donors (Lipinski definition) is 1. The van der Waals surface area contributed by atoms with E-state index in [0.717, 1.165) is 9.95 Å². The van der Waals surface area contributed by atoms with Gasteiger partial charge in [0.05, 0.1) is 26.8 Å². The van der Waals surface area contributed by atoms with Crippen molar-refractivity contribution in [1.82, 2.24) is 4.57 Å². The van der Waals surface area contributed by atoms with Crippen LogP contribution in [0.4, 0.5) is 5.69 Å². The first kappa shape index (κ1) is 18.3. The number of fused-ring (bicyclic) bond motifs is 1. The van der Waals surface area contributed by atoms with E-state index in [0.29, 0.717) is 34.0 Å². The van der Waals surface area contributed by atoms with Gasteiger partial charge in [0.25, 0.3) is 11.5 Å². The molecule has 0 atom stereocenters. The molecule has 0 saturated carbocycles. The van der Waals surface area contributed by atoms with Gasteiger partial charge in [-0.15, -0.1) is 0 Å². The number of nitrogens with zero attached hydrogens (tertiary/aromatic N) is 1. The minimum absolute atomic E-state index is 0.223. The Morgan fingerprint density at radius 2 is 1.59 bits per heavy atom. The number of hydrogen-bond acceptors (Lipinski definition) is 6. The second-order valence-corrected chi connectivity index (χ2v) is 6.01. The zero-order valence-electron chi connectivity index (χ0n) is 15.5. The molecule has 0 unspecified atom stereocenters. The largest absolute Gasteiger partial charge is 0.493 e. The van der Waals surface area contributed by atoms with Crippen LogP contribution in [0, 0.1) is 6.92 Å². The van der Waals surface area contributed by atoms with E-state index < -0.39 is 11.5 Å². The third-order valence-electron chi connectivity index (χ3n) is 4.32. The predicted octanol–water partition coefficient (Wildman–Crippen LogP) is 2.61. The van der Waals surface area contributed by atoms with E-state index in [9.17, 15) is 9.59 Å². The lowest BCUT2D eigenvalue weighted by molar-refractivity contribution is 0.0960. The van der Waals surface area contributed by atoms with E-state index >= 15 is 0 Å². The zero-order valence-corrected chi connectivity index (χ0v) is 15.5. The molecule has 1 heterocycles. The minimum atomic E-state index is -0.515. The minimum Gasteiger partial charge on any atom is -0.493 e. The highest BCUT2D eigenvalue weighted by atomic mass is 16.5. The summed E-state index contributed by atoms with van der Waals surface area (Å²) < 4.78 is 17.0. The van der Waals surface area contributed by atoms with E-state index in [2.05, 4.69) is 0 Å². The number of rotatable bonds is 4. The number of nitrogens with two attached hydrogens (primary N) is 1. The average Bonchev–Trinajstić information content (AvgIpc) is 2.67. The second-order valence-electron chi connectivity index (χ2n) is 6.01. The molecule has 2 aromatic carbocycles. The Labute approximate surface area is 155 Å². The fourth-order valence-corrected chi connectivity index (χ4v) is 2.99. The van der Waals surface area contributed by atoms with Crippen LogP contribution in [-0.2, 0) is 0 Å². The Hall–Kier alpha value is -3.48. The molecule has 0 amide bonds. The summed E-state index contributed by atoms with van der Waals surface area (Å²) >= 11 is 0. The van der Waals surface area contributed by atoms with Gasteiger partial charge in [0.15, 0.2) is 11.5 Å². The molecule has 0 fully saturated rings. The highest BCUT2D eigenvalue weighted by Crippen LogP contribution is 2.38. The van der Waals surface area contributed by atoms with Crippen LogP contribution in [0.1, 0.15) is 15.9 Å². The van der Waals surface area contributed by atoms with Crippen LogP contribution >= 0.6 is 0 Å². The lowest BCUT2D eigenvalue weighted by atomic mass is 10.1. The SMILES string of the molecule is COc1cc(C(=O)n2c(=O)c(C)cc3ccc(N)cc32)cc(OC)c1OC. The molecular weight excluding hydrogens is 348 g/mol. The topological polar surface area (TPSA) is 92.8 Å². The van der Waals surface area contributed by atoms with Crippen molar-refractivity contribution in [3.05, 3.63) is 57.9 Å². The first-order valence-electron chi connectivity index (χ1n) is 8.17. The van der Waals surface area contributed by atoms with Crippen LogP contribution < -0.4 is 25.5 Å². The molecule has 7 heteroatoms. The summed E-state index contributed by atoms with van der Waals surface area (Å²) in [6, 6.07) is 9.85. The first-order chi connectivity index (χ1) is 12.9. The number of pyridine rings is 1. The van der Waals surface area contributed by atoms with Crippen molar-refractivity contribution >= 4 is 22.5 Å². The van der Waals surface area contributed by atoms with Gasteiger partial charge in [-0.3, -0.25) is 9.59 Å². The summed E-state index contributed by atoms with van der Waals surface area (Å²) in [5.41, 5.74) is 7.02. The molecular formula is C20H20N2O5. The van der Waals surface area contributed by atoms with Crippen molar-refractivity contribution in [3.8, 4) is 17.2 Å². The molecule has 3 aromatic rings. The van der Waals surface area contributed by atoms with Crippen LogP contribution in [0.25, 0.3) is 10.9 Å². The number of nitrogen functional groups attached to an aromatic ring is 1. The predicted molar refractivity (Wildman–Crippen MR) is 103 cm³/mol. The molecule has 7 nitrogen and oxygen atoms in total. The van der Waals surface area contributed by atoms with Crippen LogP contribution in [0.2, 0.25) is 0 Å². The monoisotopic (exact) mass is 368 g/mol. The number of ether oxygens (including phenoxy) is 3. The second kappa shape index (κ2) is 7.03. The third-order valence-corrected chi connectivity index (χ3v) is 4.32. The van der Waals surface area contributed by atoms with Crippen molar-refractivity contribution in [2.75, 3.05) is 27.1 Å². The quantitative estimate of drug-likeness (QED) is 0.712. The van der Waals surface area contributed by atoms with Gasteiger partial charge in [0.1, 0.15) is 0 Å². The standard InChI is InChI=1S/C20H20N2O5/c1-11-7-12-5-6-14(21)10-15(12)22(19(11)23)20(24)13-8-16(25-2)18(27-4)17(9-13)26-3/h5-10H,21H2,1-4H3. The van der Waals surface area contributed by atoms with Crippen LogP contribution in [0.15, 0.2) is 41.2 Å². The summed E-state index contributed by atoms with van der Waals surface area (Å²) in [5, 5.41) is 0.738. The van der Waals surface area contributed by atoms with E-state index in [-0.39, 0.29) is 5.56 Å². The number of methoxy groups -OCH3 is 3. The summed E-state index contributed by atoms with van der Waals surface area (Å²) in [6.45, 7) is 1.66. The maximum atomic E-state index is 13.3. The molecule has 0 aliphatic heterocycles. The van der Waals surface area contributed by atoms with E-state index in [1.807, 2.05) is 0 Å². The first-order valence-corrected chi connectivity index (χ1v) is 8.17. The van der Waals surface area contributed by atoms with Crippen molar-refractivity contribution in [2.24, 2.45) is 0 Å². The normalized spacial score (nSPS) is 10.7. The highest BCUT2D eigenvalue weighted by Gasteiger charge is 2.21. The third kappa shape index (κ3) is 3.08. The van der Waals surface area contributed by atoms with Crippen LogP contribution in [0.3, 0.4) is 0 Å². The van der Waals surface area contributed by atoms with E-state index in [4.69, 9.17) is 19.9 Å². The average molecular weight is 368 g/mol. The maximum absolute atomic E-state index is 13.3. The van der Waals surface area contributed by atoms with Gasteiger partial charge in [0.2, 0.25) is 5.75 Å². The van der Waals surface area contributed by atoms with Gasteiger partial charge < -0.3 is 19.9 Å². The van der Waals surface area contributed by atoms with Crippen LogP contribution in [-0.4, -0.2) is 31.8 Å². The summed E-state index contributed by atoms with van der Waals surface area (Å²) in [6.07, 6.45) is 0. The number of benzene rings is 2. The smallest absolute Gasteiger partial charge is 0.265 e. The van der Waals surface area contributed by atoms with E-state index in [1.165, 1.54) is 33.5 Å². The Morgan fingerprint density at radius 3 is 2.15 bits per heavy atom. The van der Waals surface area contributed by atoms with E-state index in [1.54, 1.807) is 31.2 Å². The zero-order chi connectivity index (χ0) is 19.7. The van der Waals surface area contributed by atoms with Gasteiger partial charge in [-0.1, -0.05) is 6.07 Å². The number of carbonyl (C=O) groups excluding carboxylic acids is 1. The lowest BCUT2D eigenvalue weighted by Crippen LogP contribution is -2.29. The van der Waals surface area contributed by atoms with Gasteiger partial charge in [-0.05, 0) is 42.6 Å². The summed E-state index contributed by atoms with van der Waals surface area (Å²) in [4.78, 5) is 26.0. The molecule has 1 aromatic heterocycles. The number of carbonyl (C=O) groups is 1. The molecule has 0 radical (unpaired) electrons. The van der Waals surface area contributed by atoms with Gasteiger partial charge in [-0.2, -0.15) is 0 Å². The lowest BCUT2D eigenvalue weighted by Gasteiger charge is -2.15. The molecule has 0 aliphatic rings. The fraction of sp³-hybridized carbons (Fsp3) is 0.200. The molecule has 140 valence electrons. The Bertz CT molecular complexity index is 1080. The van der Waals surface area contributed by atoms with Crippen molar-refractivity contribution < 1.29 is 19.0 Å². The van der Waals surface area contributed by atoms with Crippen molar-refractivity contribution in [3.63, 3.8) is 0 Å². The molecule has 3 rings (SSSR count). The molecule has 0 aliphatic carbocycles. The summed E-state index contributed by atoms with van der Waals surface area (Å²) in [5.74, 6) is 0.496. The van der Waals surface area contributed by atoms with Gasteiger partial charge in [0, 0.05) is 16.8 Å².